The minimum Gasteiger partial charge on any atom is -0.0585 e. The van der Waals surface area contributed by atoms with E-state index >= 15 is 0 Å². The van der Waals surface area contributed by atoms with Gasteiger partial charge in [0.15, 0.2) is 0 Å². The molecule has 306 valence electrons. The Balaban J connectivity index is 0.000000245. The van der Waals surface area contributed by atoms with Crippen LogP contribution in [0.4, 0.5) is 0 Å². The molecule has 1 spiro atoms. The first kappa shape index (κ1) is 44.9. The molecule has 0 radical (unpaired) electrons. The molecule has 0 N–H and O–H groups in total. The quantitative estimate of drug-likeness (QED) is 0.284. The Morgan fingerprint density at radius 1 is 0.226 bits per heavy atom. The van der Waals surface area contributed by atoms with Crippen molar-refractivity contribution in [3.05, 3.63) is 35.4 Å². The van der Waals surface area contributed by atoms with E-state index in [-0.39, 0.29) is 0 Å². The fourth-order valence-electron chi connectivity index (χ4n) is 11.3. The summed E-state index contributed by atoms with van der Waals surface area (Å²) in [4.78, 5) is 0. The monoisotopic (exact) mass is 731 g/mol. The second-order valence-corrected chi connectivity index (χ2v) is 19.4. The molecular formula is C53H94. The smallest absolute Gasteiger partial charge is 0.0162 e. The van der Waals surface area contributed by atoms with Crippen LogP contribution in [0.3, 0.4) is 0 Å². The highest BCUT2D eigenvalue weighted by atomic mass is 14.3. The molecule has 0 heteroatoms. The number of hydrogen-bond donors (Lipinski definition) is 0. The van der Waals surface area contributed by atoms with Crippen molar-refractivity contribution in [1.82, 2.24) is 0 Å². The Morgan fingerprint density at radius 2 is 0.396 bits per heavy atom. The molecular weight excluding hydrogens is 637 g/mol. The maximum Gasteiger partial charge on any atom is -0.0162 e. The lowest BCUT2D eigenvalue weighted by atomic mass is 9.70. The van der Waals surface area contributed by atoms with E-state index in [9.17, 15) is 0 Å². The first-order chi connectivity index (χ1) is 26.3. The van der Waals surface area contributed by atoms with Gasteiger partial charge in [-0.15, -0.1) is 0 Å². The highest BCUT2D eigenvalue weighted by Gasteiger charge is 2.28. The van der Waals surface area contributed by atoms with Crippen molar-refractivity contribution >= 4 is 0 Å². The minimum atomic E-state index is 0.748. The molecule has 0 heterocycles. The average molecular weight is 731 g/mol. The van der Waals surface area contributed by atoms with Crippen LogP contribution in [-0.4, -0.2) is 0 Å². The van der Waals surface area contributed by atoms with Gasteiger partial charge in [-0.1, -0.05) is 255 Å². The predicted molar refractivity (Wildman–Crippen MR) is 238 cm³/mol. The molecule has 0 aliphatic heterocycles. The molecule has 4 aliphatic rings. The Morgan fingerprint density at radius 3 is 0.604 bits per heavy atom. The molecule has 0 aromatic heterocycles. The van der Waals surface area contributed by atoms with Crippen LogP contribution in [-0.2, 0) is 0 Å². The summed E-state index contributed by atoms with van der Waals surface area (Å²) in [7, 11) is 0. The Hall–Kier alpha value is -0.780. The van der Waals surface area contributed by atoms with Gasteiger partial charge in [-0.05, 0) is 79.7 Å². The predicted octanol–water partition coefficient (Wildman–Crippen LogP) is 19.0. The Bertz CT molecular complexity index is 813. The number of benzene rings is 1. The fourth-order valence-corrected chi connectivity index (χ4v) is 11.3. The summed E-state index contributed by atoms with van der Waals surface area (Å²) in [6.07, 6.45) is 65.5. The summed E-state index contributed by atoms with van der Waals surface area (Å²) < 4.78 is 0. The topological polar surface area (TPSA) is 0 Å². The third-order valence-corrected chi connectivity index (χ3v) is 14.9. The Labute approximate surface area is 334 Å². The zero-order valence-electron chi connectivity index (χ0n) is 36.1. The highest BCUT2D eigenvalue weighted by Crippen LogP contribution is 2.43. The van der Waals surface area contributed by atoms with Crippen LogP contribution < -0.4 is 0 Å². The largest absolute Gasteiger partial charge is 0.0585 e. The standard InChI is InChI=1S/C30H50.C23H44/c1-3-7-11-15-19-27(20-16-12-8-4-1)29-23-25-30(26-24-29)28-21-17-13-9-5-2-6-10-14-18-22-28;1-3-7-11-15-19-23(20-16-12-8-4-1)21-17-13-9-5-2-6-10-14-18-22-23/h23-28H,1-22H2;1-22H2. The molecule has 0 atom stereocenters. The van der Waals surface area contributed by atoms with Gasteiger partial charge in [-0.2, -0.15) is 0 Å². The average Bonchev–Trinajstić information content (AvgIpc) is 3.15. The van der Waals surface area contributed by atoms with Crippen molar-refractivity contribution in [2.24, 2.45) is 5.41 Å². The van der Waals surface area contributed by atoms with Gasteiger partial charge in [-0.25, -0.2) is 0 Å². The van der Waals surface area contributed by atoms with Gasteiger partial charge < -0.3 is 0 Å². The molecule has 4 fully saturated rings. The molecule has 4 saturated carbocycles. The SMILES string of the molecule is C1CCCCCC2(CCCCC1)CCCCCCCCCCC2.c1cc(C2CCCCCCCCCCC2)ccc1C1CCCCCCCCCCC1. The Kier molecular flexibility index (Phi) is 25.7. The van der Waals surface area contributed by atoms with E-state index in [0.717, 1.165) is 17.3 Å². The summed E-state index contributed by atoms with van der Waals surface area (Å²) >= 11 is 0. The molecule has 4 aliphatic carbocycles. The molecule has 0 amide bonds. The van der Waals surface area contributed by atoms with E-state index < -0.39 is 0 Å². The lowest BCUT2D eigenvalue weighted by Gasteiger charge is -2.35. The lowest BCUT2D eigenvalue weighted by Crippen LogP contribution is -2.22. The van der Waals surface area contributed by atoms with Crippen LogP contribution in [0, 0.1) is 5.41 Å². The number of rotatable bonds is 2. The highest BCUT2D eigenvalue weighted by molar-refractivity contribution is 5.28. The zero-order chi connectivity index (χ0) is 36.8. The van der Waals surface area contributed by atoms with Gasteiger partial charge >= 0.3 is 0 Å². The number of hydrogen-bond acceptors (Lipinski definition) is 0. The molecule has 1 aromatic rings. The lowest BCUT2D eigenvalue weighted by molar-refractivity contribution is 0.169. The van der Waals surface area contributed by atoms with Gasteiger partial charge in [0.1, 0.15) is 0 Å². The first-order valence-electron chi connectivity index (χ1n) is 25.4. The fraction of sp³-hybridized carbons (Fsp3) is 0.887. The molecule has 5 rings (SSSR count). The van der Waals surface area contributed by atoms with Crippen LogP contribution in [0.1, 0.15) is 305 Å². The van der Waals surface area contributed by atoms with Gasteiger partial charge in [0.25, 0.3) is 0 Å². The van der Waals surface area contributed by atoms with Crippen molar-refractivity contribution in [2.45, 2.75) is 294 Å². The minimum absolute atomic E-state index is 0.748. The van der Waals surface area contributed by atoms with E-state index in [0.29, 0.717) is 0 Å². The van der Waals surface area contributed by atoms with Crippen LogP contribution in [0.2, 0.25) is 0 Å². The van der Waals surface area contributed by atoms with Crippen LogP contribution in [0.15, 0.2) is 24.3 Å². The summed E-state index contributed by atoms with van der Waals surface area (Å²) in [5.41, 5.74) is 4.03. The summed E-state index contributed by atoms with van der Waals surface area (Å²) in [5.74, 6) is 1.63. The molecule has 0 unspecified atom stereocenters. The summed E-state index contributed by atoms with van der Waals surface area (Å²) in [6, 6.07) is 10.1. The maximum atomic E-state index is 2.53. The van der Waals surface area contributed by atoms with Gasteiger partial charge in [0.05, 0.1) is 0 Å². The van der Waals surface area contributed by atoms with Crippen molar-refractivity contribution in [2.75, 3.05) is 0 Å². The van der Waals surface area contributed by atoms with Gasteiger partial charge in [0.2, 0.25) is 0 Å². The van der Waals surface area contributed by atoms with E-state index in [1.54, 1.807) is 36.8 Å². The second-order valence-electron chi connectivity index (χ2n) is 19.4. The van der Waals surface area contributed by atoms with Crippen molar-refractivity contribution < 1.29 is 0 Å². The molecule has 0 nitrogen and oxygen atoms in total. The van der Waals surface area contributed by atoms with E-state index in [1.807, 2.05) is 0 Å². The van der Waals surface area contributed by atoms with E-state index in [4.69, 9.17) is 0 Å². The van der Waals surface area contributed by atoms with Crippen molar-refractivity contribution in [3.8, 4) is 0 Å². The maximum absolute atomic E-state index is 2.53. The van der Waals surface area contributed by atoms with Gasteiger partial charge in [-0.3, -0.25) is 0 Å². The van der Waals surface area contributed by atoms with E-state index in [2.05, 4.69) is 24.3 Å². The second kappa shape index (κ2) is 30.4. The summed E-state index contributed by atoms with van der Waals surface area (Å²) in [6.45, 7) is 0. The zero-order valence-corrected chi connectivity index (χ0v) is 36.1. The van der Waals surface area contributed by atoms with E-state index in [1.165, 1.54) is 257 Å². The van der Waals surface area contributed by atoms with Crippen LogP contribution in [0.25, 0.3) is 0 Å². The van der Waals surface area contributed by atoms with Gasteiger partial charge in [0, 0.05) is 0 Å². The third kappa shape index (κ3) is 20.8. The van der Waals surface area contributed by atoms with Crippen molar-refractivity contribution in [3.63, 3.8) is 0 Å². The normalized spacial score (nSPS) is 25.1. The molecule has 53 heavy (non-hydrogen) atoms. The van der Waals surface area contributed by atoms with Crippen LogP contribution in [0.5, 0.6) is 0 Å². The molecule has 1 aromatic carbocycles. The molecule has 0 bridgehead atoms. The summed E-state index contributed by atoms with van der Waals surface area (Å²) in [5, 5.41) is 0. The first-order valence-corrected chi connectivity index (χ1v) is 25.4. The van der Waals surface area contributed by atoms with Crippen LogP contribution >= 0.6 is 0 Å². The van der Waals surface area contributed by atoms with Crippen molar-refractivity contribution in [1.29, 1.82) is 0 Å². The molecule has 0 saturated heterocycles. The third-order valence-electron chi connectivity index (χ3n) is 14.9.